The quantitative estimate of drug-likeness (QED) is 0.170. The molecule has 0 saturated heterocycles. The van der Waals surface area contributed by atoms with Crippen LogP contribution >= 0.6 is 0 Å². The number of aliphatic imine (C=N–C) groups is 2. The van der Waals surface area contributed by atoms with Crippen molar-refractivity contribution in [1.82, 2.24) is 9.13 Å². The van der Waals surface area contributed by atoms with Crippen LogP contribution in [-0.2, 0) is 0 Å². The van der Waals surface area contributed by atoms with E-state index in [-0.39, 0.29) is 0 Å². The molecule has 3 heterocycles. The molecule has 1 aliphatic rings. The van der Waals surface area contributed by atoms with Gasteiger partial charge in [-0.05, 0) is 94.3 Å². The van der Waals surface area contributed by atoms with Crippen LogP contribution in [0.3, 0.4) is 0 Å². The lowest BCUT2D eigenvalue weighted by atomic mass is 9.92. The van der Waals surface area contributed by atoms with Crippen LogP contribution in [0.2, 0.25) is 0 Å². The molecule has 4 nitrogen and oxygen atoms in total. The molecule has 10 aromatic carbocycles. The average Bonchev–Trinajstić information content (AvgIpc) is 3.84. The maximum Gasteiger partial charge on any atom is 0.0804 e. The Morgan fingerprint density at radius 3 is 1.06 bits per heavy atom. The first-order chi connectivity index (χ1) is 30.7. The molecule has 0 unspecified atom stereocenters. The van der Waals surface area contributed by atoms with Crippen molar-refractivity contribution in [3.63, 3.8) is 0 Å². The number of rotatable bonds is 4. The monoisotopic (exact) mass is 788 g/mol. The topological polar surface area (TPSA) is 34.6 Å². The van der Waals surface area contributed by atoms with Crippen molar-refractivity contribution in [1.29, 1.82) is 0 Å². The van der Waals surface area contributed by atoms with E-state index >= 15 is 0 Å². The molecule has 0 saturated carbocycles. The van der Waals surface area contributed by atoms with Gasteiger partial charge >= 0.3 is 0 Å². The first kappa shape index (κ1) is 34.5. The highest BCUT2D eigenvalue weighted by Crippen LogP contribution is 2.41. The number of hydrogen-bond donors (Lipinski definition) is 0. The number of para-hydroxylation sites is 4. The van der Waals surface area contributed by atoms with Crippen LogP contribution in [0.4, 0.5) is 11.4 Å². The minimum atomic E-state index is 0.878. The van der Waals surface area contributed by atoms with Crippen LogP contribution in [0.5, 0.6) is 0 Å². The van der Waals surface area contributed by atoms with Crippen LogP contribution < -0.4 is 0 Å². The summed E-state index contributed by atoms with van der Waals surface area (Å²) in [6.45, 7) is 0. The summed E-state index contributed by atoms with van der Waals surface area (Å²) in [5.41, 5.74) is 14.4. The van der Waals surface area contributed by atoms with Gasteiger partial charge < -0.3 is 9.13 Å². The van der Waals surface area contributed by atoms with E-state index in [9.17, 15) is 0 Å². The van der Waals surface area contributed by atoms with E-state index in [4.69, 9.17) is 9.98 Å². The van der Waals surface area contributed by atoms with Crippen LogP contribution in [0.1, 0.15) is 22.3 Å². The van der Waals surface area contributed by atoms with E-state index in [1.54, 1.807) is 0 Å². The number of hydrogen-bond acceptors (Lipinski definition) is 2. The van der Waals surface area contributed by atoms with E-state index in [0.717, 1.165) is 89.0 Å². The Bertz CT molecular complexity index is 3590. The molecule has 62 heavy (non-hydrogen) atoms. The highest BCUT2D eigenvalue weighted by molar-refractivity contribution is 6.26. The zero-order valence-corrected chi connectivity index (χ0v) is 33.6. The second kappa shape index (κ2) is 13.6. The Balaban J connectivity index is 1.11. The molecule has 0 bridgehead atoms. The molecule has 0 fully saturated rings. The molecule has 1 aliphatic heterocycles. The average molecular weight is 789 g/mol. The molecule has 0 radical (unpaired) electrons. The van der Waals surface area contributed by atoms with Gasteiger partial charge in [0, 0.05) is 55.2 Å². The number of benzene rings is 10. The Labute approximate surface area is 357 Å². The SMILES string of the molecule is c1ccc(-n2c3ccccc3c3ccc(/C4=N/c5cc6ccccc6cc5/C(c5ccc6c7ccccc7n(-c7ccccc7)c6c5)=N\c5cc6ccccc6cc54)cc32)cc1. The third-order valence-electron chi connectivity index (χ3n) is 12.6. The summed E-state index contributed by atoms with van der Waals surface area (Å²) in [5, 5.41) is 9.39. The fraction of sp³-hybridized carbons (Fsp3) is 0. The van der Waals surface area contributed by atoms with Gasteiger partial charge in [0.25, 0.3) is 0 Å². The minimum Gasteiger partial charge on any atom is -0.309 e. The van der Waals surface area contributed by atoms with E-state index in [1.807, 2.05) is 0 Å². The Kier molecular flexibility index (Phi) is 7.57. The van der Waals surface area contributed by atoms with Gasteiger partial charge in [-0.1, -0.05) is 146 Å². The van der Waals surface area contributed by atoms with Gasteiger partial charge in [-0.25, -0.2) is 9.98 Å². The molecule has 2 aromatic heterocycles. The van der Waals surface area contributed by atoms with Crippen molar-refractivity contribution in [2.24, 2.45) is 9.98 Å². The molecule has 12 aromatic rings. The number of nitrogens with zero attached hydrogens (tertiary/aromatic N) is 4. The third kappa shape index (κ3) is 5.33. The Morgan fingerprint density at radius 2 is 0.629 bits per heavy atom. The molecule has 0 atom stereocenters. The normalized spacial score (nSPS) is 14.4. The molecule has 4 heteroatoms. The van der Waals surface area contributed by atoms with Crippen LogP contribution in [0.15, 0.2) is 228 Å². The highest BCUT2D eigenvalue weighted by Gasteiger charge is 2.24. The fourth-order valence-corrected chi connectivity index (χ4v) is 9.77. The first-order valence-electron chi connectivity index (χ1n) is 21.2. The van der Waals surface area contributed by atoms with E-state index in [2.05, 4.69) is 228 Å². The van der Waals surface area contributed by atoms with E-state index < -0.39 is 0 Å². The van der Waals surface area contributed by atoms with Crippen molar-refractivity contribution in [3.8, 4) is 11.4 Å². The minimum absolute atomic E-state index is 0.878. The van der Waals surface area contributed by atoms with Crippen LogP contribution in [0.25, 0.3) is 76.5 Å². The molecular formula is C58H36N4. The third-order valence-corrected chi connectivity index (χ3v) is 12.6. The molecule has 0 amide bonds. The predicted molar refractivity (Wildman–Crippen MR) is 260 cm³/mol. The lowest BCUT2D eigenvalue weighted by Crippen LogP contribution is -2.11. The standard InChI is InChI=1S/C58H36N4/c1-3-19-43(20-4-1)61-53-25-13-11-23-45(53)47-29-27-41(35-55(47)61)57-49-31-37-15-7-9-17-39(37)33-51(49)60-58(50-32-38-16-8-10-18-40(38)34-52(50)59-57)42-28-30-48-46-24-12-14-26-54(46)62(56(48)36-42)44-21-5-2-6-22-44/h1-36H/b57-49?,58-50?,59-52?,59-57-,60-51?,60-58-. The molecule has 0 aliphatic carbocycles. The number of fused-ring (bicyclic) bond motifs is 10. The van der Waals surface area contributed by atoms with Gasteiger partial charge in [0.1, 0.15) is 0 Å². The van der Waals surface area contributed by atoms with Crippen molar-refractivity contribution < 1.29 is 0 Å². The molecule has 0 N–H and O–H groups in total. The van der Waals surface area contributed by atoms with E-state index in [1.165, 1.54) is 32.6 Å². The Morgan fingerprint density at radius 1 is 0.274 bits per heavy atom. The second-order valence-corrected chi connectivity index (χ2v) is 16.2. The summed E-state index contributed by atoms with van der Waals surface area (Å²) in [7, 11) is 0. The van der Waals surface area contributed by atoms with Crippen molar-refractivity contribution in [2.45, 2.75) is 0 Å². The molecular weight excluding hydrogens is 753 g/mol. The maximum absolute atomic E-state index is 5.79. The first-order valence-corrected chi connectivity index (χ1v) is 21.2. The Hall–Kier alpha value is -8.34. The van der Waals surface area contributed by atoms with Crippen LogP contribution in [-0.4, -0.2) is 20.6 Å². The largest absolute Gasteiger partial charge is 0.309 e. The lowest BCUT2D eigenvalue weighted by Gasteiger charge is -2.20. The fourth-order valence-electron chi connectivity index (χ4n) is 9.77. The van der Waals surface area contributed by atoms with Crippen molar-refractivity contribution >= 4 is 88.0 Å². The summed E-state index contributed by atoms with van der Waals surface area (Å²) in [4.78, 5) is 11.6. The van der Waals surface area contributed by atoms with Gasteiger partial charge in [0.2, 0.25) is 0 Å². The summed E-state index contributed by atoms with van der Waals surface area (Å²) in [6, 6.07) is 78.5. The molecule has 13 rings (SSSR count). The summed E-state index contributed by atoms with van der Waals surface area (Å²) in [6.07, 6.45) is 0. The summed E-state index contributed by atoms with van der Waals surface area (Å²) >= 11 is 0. The van der Waals surface area contributed by atoms with Gasteiger partial charge in [0.05, 0.1) is 44.9 Å². The highest BCUT2D eigenvalue weighted by atomic mass is 15.0. The van der Waals surface area contributed by atoms with Crippen LogP contribution in [0, 0.1) is 0 Å². The van der Waals surface area contributed by atoms with Crippen molar-refractivity contribution in [3.05, 3.63) is 241 Å². The van der Waals surface area contributed by atoms with Crippen molar-refractivity contribution in [2.75, 3.05) is 0 Å². The van der Waals surface area contributed by atoms with Gasteiger partial charge in [0.15, 0.2) is 0 Å². The summed E-state index contributed by atoms with van der Waals surface area (Å²) < 4.78 is 4.75. The van der Waals surface area contributed by atoms with E-state index in [0.29, 0.717) is 0 Å². The number of aromatic nitrogens is 2. The smallest absolute Gasteiger partial charge is 0.0804 e. The summed E-state index contributed by atoms with van der Waals surface area (Å²) in [5.74, 6) is 0. The molecule has 288 valence electrons. The van der Waals surface area contributed by atoms with Gasteiger partial charge in [-0.3, -0.25) is 0 Å². The lowest BCUT2D eigenvalue weighted by molar-refractivity contribution is 1.18. The predicted octanol–water partition coefficient (Wildman–Crippen LogP) is 14.8. The second-order valence-electron chi connectivity index (χ2n) is 16.2. The maximum atomic E-state index is 5.79. The van der Waals surface area contributed by atoms with Gasteiger partial charge in [-0.15, -0.1) is 0 Å². The zero-order valence-electron chi connectivity index (χ0n) is 33.6. The molecule has 0 spiro atoms. The zero-order chi connectivity index (χ0) is 40.7. The van der Waals surface area contributed by atoms with Gasteiger partial charge in [-0.2, -0.15) is 0 Å².